The maximum absolute atomic E-state index is 12.1. The van der Waals surface area contributed by atoms with Crippen LogP contribution in [0.15, 0.2) is 88.9 Å². The van der Waals surface area contributed by atoms with Crippen molar-refractivity contribution in [3.05, 3.63) is 94.4 Å². The standard InChI is InChI=1S/C25H16ClN3O2S/c26-18-11-9-15(10-12-18)23-27-25(29-28-23)32-22(24(30)31)14-21-19-7-3-1-5-16(19)13-17-6-2-4-8-20(17)21/h1-14H,(H,30,31)(H,27,28,29)/b22-14-. The molecule has 1 aromatic heterocycles. The van der Waals surface area contributed by atoms with Gasteiger partial charge in [-0.15, -0.1) is 5.10 Å². The molecular weight excluding hydrogens is 442 g/mol. The normalized spacial score (nSPS) is 11.8. The fourth-order valence-corrected chi connectivity index (χ4v) is 4.41. The van der Waals surface area contributed by atoms with Crippen LogP contribution in [0.25, 0.3) is 39.0 Å². The number of thioether (sulfide) groups is 1. The number of carbonyl (C=O) groups is 1. The molecule has 2 N–H and O–H groups in total. The first-order valence-electron chi connectivity index (χ1n) is 9.80. The number of aliphatic carboxylic acids is 1. The first-order chi connectivity index (χ1) is 15.6. The number of H-pyrrole nitrogens is 1. The van der Waals surface area contributed by atoms with Gasteiger partial charge in [-0.2, -0.15) is 0 Å². The highest BCUT2D eigenvalue weighted by Crippen LogP contribution is 2.34. The van der Waals surface area contributed by atoms with E-state index in [0.717, 1.165) is 44.4 Å². The number of nitrogens with one attached hydrogen (secondary N) is 1. The van der Waals surface area contributed by atoms with Gasteiger partial charge in [0.2, 0.25) is 5.16 Å². The molecule has 1 heterocycles. The summed E-state index contributed by atoms with van der Waals surface area (Å²) in [7, 11) is 0. The van der Waals surface area contributed by atoms with E-state index in [2.05, 4.69) is 21.2 Å². The summed E-state index contributed by atoms with van der Waals surface area (Å²) in [6.45, 7) is 0. The molecule has 0 saturated heterocycles. The second-order valence-corrected chi connectivity index (χ2v) is 8.57. The number of carboxylic acid groups (broad SMARTS) is 1. The maximum Gasteiger partial charge on any atom is 0.342 e. The average molecular weight is 458 g/mol. The number of nitrogens with zero attached hydrogens (tertiary/aromatic N) is 2. The van der Waals surface area contributed by atoms with Gasteiger partial charge >= 0.3 is 5.97 Å². The average Bonchev–Trinajstić information content (AvgIpc) is 3.27. The molecule has 5 rings (SSSR count). The van der Waals surface area contributed by atoms with Crippen LogP contribution in [0.1, 0.15) is 5.56 Å². The summed E-state index contributed by atoms with van der Waals surface area (Å²) in [5, 5.41) is 22.0. The van der Waals surface area contributed by atoms with Crippen LogP contribution in [0.3, 0.4) is 0 Å². The predicted octanol–water partition coefficient (Wildman–Crippen LogP) is 6.65. The van der Waals surface area contributed by atoms with Crippen molar-refractivity contribution in [1.82, 2.24) is 15.2 Å². The Morgan fingerprint density at radius 1 is 0.938 bits per heavy atom. The quantitative estimate of drug-likeness (QED) is 0.175. The summed E-state index contributed by atoms with van der Waals surface area (Å²) in [5.41, 5.74) is 1.67. The molecule has 0 bridgehead atoms. The number of aromatic nitrogens is 3. The van der Waals surface area contributed by atoms with Crippen LogP contribution >= 0.6 is 23.4 Å². The van der Waals surface area contributed by atoms with Crippen LogP contribution in [0, 0.1) is 0 Å². The lowest BCUT2D eigenvalue weighted by Gasteiger charge is -2.09. The summed E-state index contributed by atoms with van der Waals surface area (Å²) < 4.78 is 0. The number of halogens is 1. The van der Waals surface area contributed by atoms with Gasteiger partial charge in [-0.05, 0) is 75.3 Å². The molecule has 0 unspecified atom stereocenters. The second kappa shape index (κ2) is 8.49. The third kappa shape index (κ3) is 3.98. The highest BCUT2D eigenvalue weighted by Gasteiger charge is 2.16. The van der Waals surface area contributed by atoms with Crippen molar-refractivity contribution in [3.8, 4) is 11.4 Å². The van der Waals surface area contributed by atoms with E-state index in [-0.39, 0.29) is 4.91 Å². The molecule has 156 valence electrons. The van der Waals surface area contributed by atoms with Crippen LogP contribution < -0.4 is 0 Å². The minimum Gasteiger partial charge on any atom is -0.477 e. The van der Waals surface area contributed by atoms with Gasteiger partial charge in [0.05, 0.1) is 0 Å². The van der Waals surface area contributed by atoms with Crippen molar-refractivity contribution in [3.63, 3.8) is 0 Å². The number of hydrogen-bond donors (Lipinski definition) is 2. The van der Waals surface area contributed by atoms with Crippen LogP contribution in [-0.2, 0) is 4.79 Å². The van der Waals surface area contributed by atoms with Gasteiger partial charge < -0.3 is 5.11 Å². The smallest absolute Gasteiger partial charge is 0.342 e. The van der Waals surface area contributed by atoms with Crippen molar-refractivity contribution >= 4 is 57.0 Å². The summed E-state index contributed by atoms with van der Waals surface area (Å²) >= 11 is 6.95. The van der Waals surface area contributed by atoms with Crippen LogP contribution in [-0.4, -0.2) is 26.3 Å². The van der Waals surface area contributed by atoms with Gasteiger partial charge in [-0.1, -0.05) is 60.1 Å². The molecule has 0 aliphatic heterocycles. The lowest BCUT2D eigenvalue weighted by molar-refractivity contribution is -0.131. The number of hydrogen-bond acceptors (Lipinski definition) is 4. The molecule has 0 spiro atoms. The molecule has 5 nitrogen and oxygen atoms in total. The first kappa shape index (κ1) is 20.3. The molecule has 0 atom stereocenters. The van der Waals surface area contributed by atoms with E-state index >= 15 is 0 Å². The van der Waals surface area contributed by atoms with Crippen molar-refractivity contribution < 1.29 is 9.90 Å². The van der Waals surface area contributed by atoms with E-state index in [1.54, 1.807) is 18.2 Å². The highest BCUT2D eigenvalue weighted by atomic mass is 35.5. The number of aromatic amines is 1. The third-order valence-corrected chi connectivity index (χ3v) is 6.21. The first-order valence-corrected chi connectivity index (χ1v) is 11.0. The monoisotopic (exact) mass is 457 g/mol. The van der Waals surface area contributed by atoms with Gasteiger partial charge in [-0.3, -0.25) is 5.10 Å². The third-order valence-electron chi connectivity index (χ3n) is 5.08. The van der Waals surface area contributed by atoms with Crippen molar-refractivity contribution in [2.75, 3.05) is 0 Å². The van der Waals surface area contributed by atoms with Crippen LogP contribution in [0.5, 0.6) is 0 Å². The Morgan fingerprint density at radius 2 is 1.56 bits per heavy atom. The molecule has 7 heteroatoms. The van der Waals surface area contributed by atoms with E-state index < -0.39 is 5.97 Å². The van der Waals surface area contributed by atoms with E-state index in [1.807, 2.05) is 60.7 Å². The molecule has 0 aliphatic rings. The molecule has 32 heavy (non-hydrogen) atoms. The van der Waals surface area contributed by atoms with E-state index in [9.17, 15) is 9.90 Å². The summed E-state index contributed by atoms with van der Waals surface area (Å²) in [6, 6.07) is 25.2. The predicted molar refractivity (Wildman–Crippen MR) is 130 cm³/mol. The zero-order valence-corrected chi connectivity index (χ0v) is 18.2. The van der Waals surface area contributed by atoms with Gasteiger partial charge in [0.15, 0.2) is 5.82 Å². The Kier molecular flexibility index (Phi) is 5.39. The Hall–Kier alpha value is -3.61. The molecular formula is C25H16ClN3O2S. The second-order valence-electron chi connectivity index (χ2n) is 7.12. The van der Waals surface area contributed by atoms with Gasteiger partial charge in [0, 0.05) is 10.6 Å². The van der Waals surface area contributed by atoms with Gasteiger partial charge in [-0.25, -0.2) is 9.78 Å². The molecule has 0 amide bonds. The van der Waals surface area contributed by atoms with Gasteiger partial charge in [0.25, 0.3) is 0 Å². The summed E-state index contributed by atoms with van der Waals surface area (Å²) in [5.74, 6) is -0.491. The molecule has 4 aromatic carbocycles. The maximum atomic E-state index is 12.1. The van der Waals surface area contributed by atoms with E-state index in [4.69, 9.17) is 11.6 Å². The molecule has 0 aliphatic carbocycles. The Labute approximate surface area is 192 Å². The minimum atomic E-state index is -1.04. The Bertz CT molecular complexity index is 1440. The summed E-state index contributed by atoms with van der Waals surface area (Å²) in [6.07, 6.45) is 1.70. The number of benzene rings is 4. The van der Waals surface area contributed by atoms with Gasteiger partial charge in [0.1, 0.15) is 4.91 Å². The van der Waals surface area contributed by atoms with Crippen LogP contribution in [0.4, 0.5) is 0 Å². The van der Waals surface area contributed by atoms with E-state index in [0.29, 0.717) is 16.0 Å². The lowest BCUT2D eigenvalue weighted by Crippen LogP contribution is -1.98. The molecule has 0 fully saturated rings. The zero-order valence-electron chi connectivity index (χ0n) is 16.6. The van der Waals surface area contributed by atoms with Crippen molar-refractivity contribution in [1.29, 1.82) is 0 Å². The fourth-order valence-electron chi connectivity index (χ4n) is 3.60. The number of rotatable bonds is 5. The minimum absolute atomic E-state index is 0.133. The summed E-state index contributed by atoms with van der Waals surface area (Å²) in [4.78, 5) is 16.7. The Morgan fingerprint density at radius 3 is 2.19 bits per heavy atom. The molecule has 0 saturated carbocycles. The van der Waals surface area contributed by atoms with Crippen molar-refractivity contribution in [2.24, 2.45) is 0 Å². The highest BCUT2D eigenvalue weighted by molar-refractivity contribution is 8.04. The molecule has 5 aromatic rings. The number of carboxylic acids is 1. The molecule has 0 radical (unpaired) electrons. The fraction of sp³-hybridized carbons (Fsp3) is 0. The van der Waals surface area contributed by atoms with Crippen molar-refractivity contribution in [2.45, 2.75) is 5.16 Å². The largest absolute Gasteiger partial charge is 0.477 e. The number of fused-ring (bicyclic) bond motifs is 2. The van der Waals surface area contributed by atoms with Crippen LogP contribution in [0.2, 0.25) is 5.02 Å². The van der Waals surface area contributed by atoms with E-state index in [1.165, 1.54) is 0 Å². The zero-order chi connectivity index (χ0) is 22.1. The Balaban J connectivity index is 1.58. The lowest BCUT2D eigenvalue weighted by atomic mass is 9.96. The topological polar surface area (TPSA) is 78.9 Å². The SMILES string of the molecule is O=C(O)/C(=C/c1c2ccccc2cc2ccccc12)Sc1n[nH]c(-c2ccc(Cl)cc2)n1.